The summed E-state index contributed by atoms with van der Waals surface area (Å²) < 4.78 is 1.10. The third-order valence-electron chi connectivity index (χ3n) is 6.26. The Morgan fingerprint density at radius 2 is 1.60 bits per heavy atom. The number of nitrogens with zero attached hydrogens (tertiary/aromatic N) is 2. The molecule has 1 unspecified atom stereocenters. The Labute approximate surface area is 188 Å². The molecule has 2 heterocycles. The predicted octanol–water partition coefficient (Wildman–Crippen LogP) is 4.57. The van der Waals surface area contributed by atoms with Crippen molar-refractivity contribution in [2.24, 2.45) is 5.92 Å². The first-order chi connectivity index (χ1) is 14.7. The monoisotopic (exact) mass is 469 g/mol. The maximum absolute atomic E-state index is 12.8. The number of piperidine rings is 1. The lowest BCUT2D eigenvalue weighted by Crippen LogP contribution is -2.42. The van der Waals surface area contributed by atoms with Crippen molar-refractivity contribution in [2.45, 2.75) is 45.3 Å². The molecular weight excluding hydrogens is 438 g/mol. The van der Waals surface area contributed by atoms with Crippen LogP contribution in [0.1, 0.15) is 42.4 Å². The molecule has 0 spiro atoms. The van der Waals surface area contributed by atoms with E-state index in [-0.39, 0.29) is 11.8 Å². The Bertz CT molecular complexity index is 833. The lowest BCUT2D eigenvalue weighted by Gasteiger charge is -2.32. The summed E-state index contributed by atoms with van der Waals surface area (Å²) in [6.07, 6.45) is 4.70. The van der Waals surface area contributed by atoms with Crippen LogP contribution in [0.2, 0.25) is 0 Å². The van der Waals surface area contributed by atoms with E-state index in [9.17, 15) is 4.79 Å². The number of hydrogen-bond donors (Lipinski definition) is 1. The molecule has 4 nitrogen and oxygen atoms in total. The van der Waals surface area contributed by atoms with E-state index in [4.69, 9.17) is 0 Å². The van der Waals surface area contributed by atoms with Gasteiger partial charge in [-0.3, -0.25) is 14.6 Å². The molecule has 5 heteroatoms. The van der Waals surface area contributed by atoms with Gasteiger partial charge in [0, 0.05) is 30.7 Å². The van der Waals surface area contributed by atoms with Gasteiger partial charge in [0.2, 0.25) is 5.91 Å². The molecule has 0 bridgehead atoms. The van der Waals surface area contributed by atoms with Gasteiger partial charge in [-0.15, -0.1) is 0 Å². The maximum atomic E-state index is 12.8. The first kappa shape index (κ1) is 21.5. The molecule has 2 aliphatic rings. The van der Waals surface area contributed by atoms with Crippen LogP contribution < -0.4 is 5.32 Å². The van der Waals surface area contributed by atoms with E-state index in [1.165, 1.54) is 42.6 Å². The van der Waals surface area contributed by atoms with E-state index in [0.29, 0.717) is 6.54 Å². The smallest absolute Gasteiger partial charge is 0.224 e. The average molecular weight is 470 g/mol. The first-order valence-electron chi connectivity index (χ1n) is 11.2. The van der Waals surface area contributed by atoms with Crippen molar-refractivity contribution >= 4 is 21.8 Å². The Hall–Kier alpha value is -1.69. The van der Waals surface area contributed by atoms with Gasteiger partial charge < -0.3 is 5.32 Å². The quantitative estimate of drug-likeness (QED) is 0.644. The molecule has 30 heavy (non-hydrogen) atoms. The van der Waals surface area contributed by atoms with Gasteiger partial charge in [-0.05, 0) is 74.1 Å². The Balaban J connectivity index is 1.26. The lowest BCUT2D eigenvalue weighted by atomic mass is 9.96. The lowest BCUT2D eigenvalue weighted by molar-refractivity contribution is -0.126. The molecule has 2 saturated heterocycles. The molecule has 1 N–H and O–H groups in total. The van der Waals surface area contributed by atoms with Crippen LogP contribution in [0.4, 0.5) is 0 Å². The van der Waals surface area contributed by atoms with E-state index in [0.717, 1.165) is 43.5 Å². The van der Waals surface area contributed by atoms with E-state index in [1.54, 1.807) is 0 Å². The van der Waals surface area contributed by atoms with Crippen LogP contribution >= 0.6 is 15.9 Å². The molecule has 2 aliphatic heterocycles. The molecule has 4 rings (SSSR count). The largest absolute Gasteiger partial charge is 0.352 e. The zero-order valence-electron chi connectivity index (χ0n) is 17.7. The standard InChI is InChI=1S/C25H32BrN3O/c26-24-10-8-20(9-11-24)17-29-14-4-7-23(19-29)25(30)27-16-21-5-3-6-22(15-21)18-28-12-1-2-13-28/h3,5-6,8-11,15,23H,1-2,4,7,12-14,16-19H2,(H,27,30). The highest BCUT2D eigenvalue weighted by Crippen LogP contribution is 2.20. The molecule has 2 aromatic rings. The second-order valence-electron chi connectivity index (χ2n) is 8.72. The summed E-state index contributed by atoms with van der Waals surface area (Å²) in [4.78, 5) is 17.7. The van der Waals surface area contributed by atoms with Crippen molar-refractivity contribution in [2.75, 3.05) is 26.2 Å². The van der Waals surface area contributed by atoms with Crippen molar-refractivity contribution in [3.05, 3.63) is 69.7 Å². The van der Waals surface area contributed by atoms with Crippen molar-refractivity contribution in [3.8, 4) is 0 Å². The van der Waals surface area contributed by atoms with Crippen molar-refractivity contribution < 1.29 is 4.79 Å². The Morgan fingerprint density at radius 3 is 2.40 bits per heavy atom. The van der Waals surface area contributed by atoms with Gasteiger partial charge in [-0.2, -0.15) is 0 Å². The van der Waals surface area contributed by atoms with Crippen LogP contribution in [0, 0.1) is 5.92 Å². The minimum absolute atomic E-state index is 0.0852. The van der Waals surface area contributed by atoms with Gasteiger partial charge in [0.15, 0.2) is 0 Å². The van der Waals surface area contributed by atoms with E-state index in [2.05, 4.69) is 79.6 Å². The fraction of sp³-hybridized carbons (Fsp3) is 0.480. The third kappa shape index (κ3) is 6.16. The summed E-state index contributed by atoms with van der Waals surface area (Å²) in [7, 11) is 0. The summed E-state index contributed by atoms with van der Waals surface area (Å²) in [6.45, 7) is 6.88. The summed E-state index contributed by atoms with van der Waals surface area (Å²) in [5, 5.41) is 3.20. The first-order valence-corrected chi connectivity index (χ1v) is 12.0. The van der Waals surface area contributed by atoms with Crippen LogP contribution in [0.15, 0.2) is 53.0 Å². The van der Waals surface area contributed by atoms with Crippen molar-refractivity contribution in [1.82, 2.24) is 15.1 Å². The summed E-state index contributed by atoms with van der Waals surface area (Å²) in [5.41, 5.74) is 3.85. The molecule has 0 aromatic heterocycles. The minimum atomic E-state index is 0.0852. The summed E-state index contributed by atoms with van der Waals surface area (Å²) in [5.74, 6) is 0.280. The third-order valence-corrected chi connectivity index (χ3v) is 6.79. The van der Waals surface area contributed by atoms with E-state index >= 15 is 0 Å². The van der Waals surface area contributed by atoms with Crippen LogP contribution in [-0.4, -0.2) is 41.9 Å². The molecule has 0 saturated carbocycles. The number of nitrogens with one attached hydrogen (secondary N) is 1. The SMILES string of the molecule is O=C(NCc1cccc(CN2CCCC2)c1)C1CCCN(Cc2ccc(Br)cc2)C1. The summed E-state index contributed by atoms with van der Waals surface area (Å²) >= 11 is 3.49. The zero-order valence-corrected chi connectivity index (χ0v) is 19.2. The topological polar surface area (TPSA) is 35.6 Å². The number of benzene rings is 2. The Morgan fingerprint density at radius 1 is 0.900 bits per heavy atom. The predicted molar refractivity (Wildman–Crippen MR) is 125 cm³/mol. The molecule has 160 valence electrons. The highest BCUT2D eigenvalue weighted by Gasteiger charge is 2.25. The molecule has 1 amide bonds. The number of amides is 1. The Kier molecular flexibility index (Phi) is 7.58. The van der Waals surface area contributed by atoms with E-state index in [1.807, 2.05) is 0 Å². The van der Waals surface area contributed by atoms with Gasteiger partial charge in [-0.25, -0.2) is 0 Å². The molecule has 1 atom stereocenters. The number of rotatable bonds is 7. The van der Waals surface area contributed by atoms with Crippen LogP contribution in [0.25, 0.3) is 0 Å². The minimum Gasteiger partial charge on any atom is -0.352 e. The highest BCUT2D eigenvalue weighted by atomic mass is 79.9. The van der Waals surface area contributed by atoms with Gasteiger partial charge in [0.05, 0.1) is 5.92 Å². The second kappa shape index (κ2) is 10.6. The summed E-state index contributed by atoms with van der Waals surface area (Å²) in [6, 6.07) is 17.2. The normalized spacial score (nSPS) is 20.4. The maximum Gasteiger partial charge on any atom is 0.224 e. The van der Waals surface area contributed by atoms with Crippen molar-refractivity contribution in [3.63, 3.8) is 0 Å². The van der Waals surface area contributed by atoms with Gasteiger partial charge >= 0.3 is 0 Å². The van der Waals surface area contributed by atoms with Gasteiger partial charge in [-0.1, -0.05) is 52.3 Å². The number of carbonyl (C=O) groups excluding carboxylic acids is 1. The number of carbonyl (C=O) groups is 1. The van der Waals surface area contributed by atoms with E-state index < -0.39 is 0 Å². The van der Waals surface area contributed by atoms with Crippen LogP contribution in [-0.2, 0) is 24.4 Å². The fourth-order valence-electron chi connectivity index (χ4n) is 4.63. The molecular formula is C25H32BrN3O. The van der Waals surface area contributed by atoms with Crippen LogP contribution in [0.5, 0.6) is 0 Å². The fourth-order valence-corrected chi connectivity index (χ4v) is 4.90. The molecule has 2 aromatic carbocycles. The zero-order chi connectivity index (χ0) is 20.8. The number of halogens is 1. The van der Waals surface area contributed by atoms with Crippen molar-refractivity contribution in [1.29, 1.82) is 0 Å². The molecule has 0 aliphatic carbocycles. The van der Waals surface area contributed by atoms with Crippen LogP contribution in [0.3, 0.4) is 0 Å². The molecule has 0 radical (unpaired) electrons. The molecule has 2 fully saturated rings. The van der Waals surface area contributed by atoms with Gasteiger partial charge in [0.1, 0.15) is 0 Å². The highest BCUT2D eigenvalue weighted by molar-refractivity contribution is 9.10. The average Bonchev–Trinajstić information content (AvgIpc) is 3.27. The number of likely N-dealkylation sites (tertiary alicyclic amines) is 2. The second-order valence-corrected chi connectivity index (χ2v) is 9.64. The number of hydrogen-bond acceptors (Lipinski definition) is 3. The van der Waals surface area contributed by atoms with Gasteiger partial charge in [0.25, 0.3) is 0 Å².